The molecule has 1 heterocycles. The lowest BCUT2D eigenvalue weighted by atomic mass is 10.2. The number of hydrogen-bond acceptors (Lipinski definition) is 5. The van der Waals surface area contributed by atoms with Crippen molar-refractivity contribution in [3.05, 3.63) is 52.4 Å². The van der Waals surface area contributed by atoms with Crippen molar-refractivity contribution in [1.29, 1.82) is 15.8 Å². The zero-order chi connectivity index (χ0) is 18.6. The molecule has 0 bridgehead atoms. The number of allylic oxidation sites excluding steroid dienone is 2. The number of nitrogens with zero attached hydrogens (tertiary/aromatic N) is 5. The summed E-state index contributed by atoms with van der Waals surface area (Å²) in [6.07, 6.45) is -3.46. The van der Waals surface area contributed by atoms with Crippen molar-refractivity contribution in [2.45, 2.75) is 6.18 Å². The topological polar surface area (TPSA) is 101 Å². The van der Waals surface area contributed by atoms with Gasteiger partial charge in [0.25, 0.3) is 0 Å². The van der Waals surface area contributed by atoms with E-state index in [1.165, 1.54) is 18.2 Å². The average molecular weight is 363 g/mol. The van der Waals surface area contributed by atoms with Crippen molar-refractivity contribution in [2.75, 3.05) is 5.32 Å². The van der Waals surface area contributed by atoms with Gasteiger partial charge in [0.05, 0.1) is 10.7 Å². The Labute approximate surface area is 144 Å². The fraction of sp³-hybridized carbons (Fsp3) is 0.0667. The fourth-order valence-electron chi connectivity index (χ4n) is 1.81. The van der Waals surface area contributed by atoms with Crippen LogP contribution in [0.2, 0.25) is 5.02 Å². The summed E-state index contributed by atoms with van der Waals surface area (Å²) in [5, 5.41) is 32.5. The number of halogens is 4. The molecule has 2 rings (SSSR count). The molecule has 0 aliphatic rings. The normalized spacial score (nSPS) is 10.3. The third-order valence-corrected chi connectivity index (χ3v) is 3.23. The van der Waals surface area contributed by atoms with Gasteiger partial charge in [0, 0.05) is 11.9 Å². The van der Waals surface area contributed by atoms with Gasteiger partial charge in [0.15, 0.2) is 11.3 Å². The summed E-state index contributed by atoms with van der Waals surface area (Å²) in [5.74, 6) is 0. The predicted octanol–water partition coefficient (Wildman–Crippen LogP) is 3.78. The summed E-state index contributed by atoms with van der Waals surface area (Å²) in [6.45, 7) is 0. The van der Waals surface area contributed by atoms with Crippen molar-refractivity contribution < 1.29 is 13.2 Å². The average Bonchev–Trinajstić information content (AvgIpc) is 3.05. The lowest BCUT2D eigenvalue weighted by molar-refractivity contribution is -0.141. The van der Waals surface area contributed by atoms with Crippen LogP contribution < -0.4 is 5.32 Å². The van der Waals surface area contributed by atoms with E-state index in [4.69, 9.17) is 27.4 Å². The zero-order valence-electron chi connectivity index (χ0n) is 12.1. The molecule has 1 aromatic carbocycles. The number of nitrogens with one attached hydrogen (secondary N) is 1. The minimum Gasteiger partial charge on any atom is -0.345 e. The molecule has 1 N–H and O–H groups in total. The van der Waals surface area contributed by atoms with Crippen LogP contribution in [0.5, 0.6) is 0 Å². The number of rotatable bonds is 3. The van der Waals surface area contributed by atoms with Crippen LogP contribution in [0.15, 0.2) is 41.7 Å². The Kier molecular flexibility index (Phi) is 4.97. The molecule has 0 aliphatic carbocycles. The second kappa shape index (κ2) is 6.96. The number of alkyl halides is 3. The highest BCUT2D eigenvalue weighted by atomic mass is 35.5. The molecule has 0 unspecified atom stereocenters. The van der Waals surface area contributed by atoms with E-state index in [0.717, 1.165) is 16.9 Å². The maximum Gasteiger partial charge on any atom is 0.435 e. The molecule has 10 heteroatoms. The molecule has 25 heavy (non-hydrogen) atoms. The van der Waals surface area contributed by atoms with Crippen molar-refractivity contribution >= 4 is 17.3 Å². The van der Waals surface area contributed by atoms with Crippen molar-refractivity contribution in [2.24, 2.45) is 0 Å². The Balaban J connectivity index is 2.35. The number of anilines is 1. The van der Waals surface area contributed by atoms with Gasteiger partial charge in [0.1, 0.15) is 23.9 Å². The van der Waals surface area contributed by atoms with Gasteiger partial charge in [-0.25, -0.2) is 4.68 Å². The minimum absolute atomic E-state index is 0.0505. The van der Waals surface area contributed by atoms with E-state index in [9.17, 15) is 13.2 Å². The van der Waals surface area contributed by atoms with Crippen molar-refractivity contribution in [3.63, 3.8) is 0 Å². The Bertz CT molecular complexity index is 953. The van der Waals surface area contributed by atoms with E-state index in [1.54, 1.807) is 18.2 Å². The number of nitriles is 3. The predicted molar refractivity (Wildman–Crippen MR) is 81.1 cm³/mol. The number of benzene rings is 1. The highest BCUT2D eigenvalue weighted by Gasteiger charge is 2.33. The summed E-state index contributed by atoms with van der Waals surface area (Å²) in [6, 6.07) is 9.76. The van der Waals surface area contributed by atoms with E-state index in [1.807, 2.05) is 0 Å². The first-order valence-corrected chi connectivity index (χ1v) is 6.82. The molecule has 124 valence electrons. The molecule has 0 saturated heterocycles. The maximum absolute atomic E-state index is 12.6. The van der Waals surface area contributed by atoms with E-state index in [0.29, 0.717) is 0 Å². The van der Waals surface area contributed by atoms with Crippen molar-refractivity contribution in [3.8, 4) is 23.9 Å². The summed E-state index contributed by atoms with van der Waals surface area (Å²) in [4.78, 5) is 0. The monoisotopic (exact) mass is 362 g/mol. The van der Waals surface area contributed by atoms with Crippen LogP contribution in [0.25, 0.3) is 5.69 Å². The maximum atomic E-state index is 12.6. The first-order chi connectivity index (χ1) is 11.8. The zero-order valence-corrected chi connectivity index (χ0v) is 12.9. The van der Waals surface area contributed by atoms with Gasteiger partial charge in [0.2, 0.25) is 0 Å². The van der Waals surface area contributed by atoms with Gasteiger partial charge in [-0.15, -0.1) is 0 Å². The number of hydrogen-bond donors (Lipinski definition) is 1. The van der Waals surface area contributed by atoms with E-state index in [2.05, 4.69) is 10.4 Å². The van der Waals surface area contributed by atoms with Crippen LogP contribution in [0.3, 0.4) is 0 Å². The molecule has 0 spiro atoms. The Morgan fingerprint density at radius 3 is 2.28 bits per heavy atom. The molecule has 0 aliphatic heterocycles. The van der Waals surface area contributed by atoms with E-state index < -0.39 is 17.4 Å². The number of aromatic nitrogens is 2. The summed E-state index contributed by atoms with van der Waals surface area (Å²) < 4.78 is 38.8. The Morgan fingerprint density at radius 1 is 1.12 bits per heavy atom. The van der Waals surface area contributed by atoms with E-state index in [-0.39, 0.29) is 22.1 Å². The molecule has 0 amide bonds. The standard InChI is InChI=1S/C15H6ClF3N6/c16-11-5-10(23-12(8-22)9(6-20)7-21)1-2-13(11)25-4-3-14(24-25)15(17,18)19/h1-5,23H. The Morgan fingerprint density at radius 2 is 1.80 bits per heavy atom. The molecular formula is C15H6ClF3N6. The second-order valence-electron chi connectivity index (χ2n) is 4.52. The Hall–Kier alpha value is -3.48. The van der Waals surface area contributed by atoms with Crippen molar-refractivity contribution in [1.82, 2.24) is 9.78 Å². The first kappa shape index (κ1) is 17.9. The molecule has 1 aromatic heterocycles. The molecule has 0 radical (unpaired) electrons. The molecule has 6 nitrogen and oxygen atoms in total. The van der Waals surface area contributed by atoms with Crippen LogP contribution in [-0.2, 0) is 6.18 Å². The lowest BCUT2D eigenvalue weighted by Crippen LogP contribution is -2.07. The summed E-state index contributed by atoms with van der Waals surface area (Å²) in [7, 11) is 0. The molecular weight excluding hydrogens is 357 g/mol. The summed E-state index contributed by atoms with van der Waals surface area (Å²) >= 11 is 6.05. The smallest absolute Gasteiger partial charge is 0.345 e. The summed E-state index contributed by atoms with van der Waals surface area (Å²) in [5.41, 5.74) is -1.28. The lowest BCUT2D eigenvalue weighted by Gasteiger charge is -2.09. The van der Waals surface area contributed by atoms with Gasteiger partial charge in [-0.05, 0) is 24.3 Å². The highest BCUT2D eigenvalue weighted by molar-refractivity contribution is 6.32. The SMILES string of the molecule is N#CC(C#N)=C(C#N)Nc1ccc(-n2ccc(C(F)(F)F)n2)c(Cl)c1. The molecule has 0 atom stereocenters. The van der Waals surface area contributed by atoms with Gasteiger partial charge in [-0.3, -0.25) is 0 Å². The molecule has 0 saturated carbocycles. The quantitative estimate of drug-likeness (QED) is 0.837. The second-order valence-corrected chi connectivity index (χ2v) is 4.93. The van der Waals surface area contributed by atoms with E-state index >= 15 is 0 Å². The van der Waals surface area contributed by atoms with Gasteiger partial charge < -0.3 is 5.32 Å². The third kappa shape index (κ3) is 3.89. The van der Waals surface area contributed by atoms with Gasteiger partial charge in [-0.1, -0.05) is 11.6 Å². The minimum atomic E-state index is -4.57. The van der Waals surface area contributed by atoms with Crippen LogP contribution in [0.4, 0.5) is 18.9 Å². The largest absolute Gasteiger partial charge is 0.435 e. The van der Waals surface area contributed by atoms with Crippen LogP contribution >= 0.6 is 11.6 Å². The van der Waals surface area contributed by atoms with Gasteiger partial charge in [-0.2, -0.15) is 34.1 Å². The van der Waals surface area contributed by atoms with Crippen LogP contribution in [0.1, 0.15) is 5.69 Å². The third-order valence-electron chi connectivity index (χ3n) is 2.93. The van der Waals surface area contributed by atoms with Crippen LogP contribution in [0, 0.1) is 34.0 Å². The fourth-order valence-corrected chi connectivity index (χ4v) is 2.07. The first-order valence-electron chi connectivity index (χ1n) is 6.44. The molecule has 2 aromatic rings. The van der Waals surface area contributed by atoms with Gasteiger partial charge >= 0.3 is 6.18 Å². The highest BCUT2D eigenvalue weighted by Crippen LogP contribution is 2.30. The van der Waals surface area contributed by atoms with Crippen LogP contribution in [-0.4, -0.2) is 9.78 Å². The molecule has 0 fully saturated rings.